The Balaban J connectivity index is 1.68. The number of para-hydroxylation sites is 2. The second-order valence-corrected chi connectivity index (χ2v) is 4.99. The number of ether oxygens (including phenoxy) is 1. The number of carbonyl (C=O) groups excluding carboxylic acids is 1. The Labute approximate surface area is 128 Å². The van der Waals surface area contributed by atoms with Crippen molar-refractivity contribution in [1.82, 2.24) is 10.6 Å². The van der Waals surface area contributed by atoms with Crippen LogP contribution in [0.4, 0.5) is 16.2 Å². The molecule has 0 aromatic heterocycles. The van der Waals surface area contributed by atoms with Gasteiger partial charge in [0, 0.05) is 38.4 Å². The number of urea groups is 1. The summed E-state index contributed by atoms with van der Waals surface area (Å²) in [4.78, 5) is 22.1. The average Bonchev–Trinajstić information content (AvgIpc) is 2.53. The van der Waals surface area contributed by atoms with Gasteiger partial charge in [0.2, 0.25) is 0 Å². The van der Waals surface area contributed by atoms with Crippen LogP contribution < -0.4 is 16.0 Å². The average molecular weight is 308 g/mol. The van der Waals surface area contributed by atoms with Gasteiger partial charge in [-0.25, -0.2) is 4.79 Å². The van der Waals surface area contributed by atoms with E-state index in [0.717, 1.165) is 12.8 Å². The molecule has 1 saturated heterocycles. The number of amides is 2. The van der Waals surface area contributed by atoms with E-state index in [2.05, 4.69) is 16.0 Å². The number of nitrogens with zero attached hydrogens (tertiary/aromatic N) is 1. The minimum atomic E-state index is -0.437. The van der Waals surface area contributed by atoms with Gasteiger partial charge in [0.1, 0.15) is 5.69 Å². The van der Waals surface area contributed by atoms with Crippen LogP contribution in [0.3, 0.4) is 0 Å². The SMILES string of the molecule is O=C(NCCNc1ccccc1[N+](=O)[O-])NC1CCOCC1. The van der Waals surface area contributed by atoms with Crippen LogP contribution in [0.25, 0.3) is 0 Å². The number of nitrogens with one attached hydrogen (secondary N) is 3. The molecule has 120 valence electrons. The lowest BCUT2D eigenvalue weighted by atomic mass is 10.1. The Kier molecular flexibility index (Phi) is 5.96. The van der Waals surface area contributed by atoms with E-state index in [0.29, 0.717) is 32.0 Å². The molecule has 0 saturated carbocycles. The molecule has 1 fully saturated rings. The molecule has 1 heterocycles. The van der Waals surface area contributed by atoms with Gasteiger partial charge in [-0.2, -0.15) is 0 Å². The van der Waals surface area contributed by atoms with Crippen LogP contribution in [0.1, 0.15) is 12.8 Å². The minimum Gasteiger partial charge on any atom is -0.381 e. The first-order valence-electron chi connectivity index (χ1n) is 7.26. The van der Waals surface area contributed by atoms with E-state index in [4.69, 9.17) is 4.74 Å². The van der Waals surface area contributed by atoms with E-state index in [-0.39, 0.29) is 17.8 Å². The third-order valence-corrected chi connectivity index (χ3v) is 3.38. The van der Waals surface area contributed by atoms with Gasteiger partial charge in [0.05, 0.1) is 4.92 Å². The van der Waals surface area contributed by atoms with Crippen LogP contribution in [0, 0.1) is 10.1 Å². The van der Waals surface area contributed by atoms with Crippen LogP contribution in [0.2, 0.25) is 0 Å². The maximum absolute atomic E-state index is 11.7. The smallest absolute Gasteiger partial charge is 0.315 e. The summed E-state index contributed by atoms with van der Waals surface area (Å²) >= 11 is 0. The van der Waals surface area contributed by atoms with Gasteiger partial charge < -0.3 is 20.7 Å². The minimum absolute atomic E-state index is 0.0224. The molecule has 0 aliphatic carbocycles. The molecule has 0 unspecified atom stereocenters. The summed E-state index contributed by atoms with van der Waals surface area (Å²) in [5.74, 6) is 0. The number of rotatable bonds is 6. The fraction of sp³-hybridized carbons (Fsp3) is 0.500. The van der Waals surface area contributed by atoms with E-state index < -0.39 is 4.92 Å². The maximum atomic E-state index is 11.7. The zero-order valence-electron chi connectivity index (χ0n) is 12.2. The largest absolute Gasteiger partial charge is 0.381 e. The molecular weight excluding hydrogens is 288 g/mol. The second-order valence-electron chi connectivity index (χ2n) is 4.99. The maximum Gasteiger partial charge on any atom is 0.315 e. The fourth-order valence-corrected chi connectivity index (χ4v) is 2.23. The highest BCUT2D eigenvalue weighted by molar-refractivity contribution is 5.74. The summed E-state index contributed by atoms with van der Waals surface area (Å²) in [5, 5.41) is 19.4. The van der Waals surface area contributed by atoms with Gasteiger partial charge in [0.15, 0.2) is 0 Å². The van der Waals surface area contributed by atoms with Crippen molar-refractivity contribution in [2.45, 2.75) is 18.9 Å². The van der Waals surface area contributed by atoms with Crippen molar-refractivity contribution in [3.05, 3.63) is 34.4 Å². The van der Waals surface area contributed by atoms with Crippen molar-refractivity contribution in [2.75, 3.05) is 31.6 Å². The highest BCUT2D eigenvalue weighted by atomic mass is 16.6. The molecule has 8 heteroatoms. The molecule has 2 rings (SSSR count). The van der Waals surface area contributed by atoms with Crippen molar-refractivity contribution in [1.29, 1.82) is 0 Å². The summed E-state index contributed by atoms with van der Waals surface area (Å²) < 4.78 is 5.22. The Hall–Kier alpha value is -2.35. The normalized spacial score (nSPS) is 15.1. The zero-order chi connectivity index (χ0) is 15.8. The number of hydrogen-bond acceptors (Lipinski definition) is 5. The monoisotopic (exact) mass is 308 g/mol. The summed E-state index contributed by atoms with van der Waals surface area (Å²) in [6.45, 7) is 2.13. The molecule has 0 bridgehead atoms. The van der Waals surface area contributed by atoms with E-state index in [1.807, 2.05) is 0 Å². The van der Waals surface area contributed by atoms with Crippen molar-refractivity contribution < 1.29 is 14.5 Å². The van der Waals surface area contributed by atoms with Crippen LogP contribution in [-0.2, 0) is 4.74 Å². The fourth-order valence-electron chi connectivity index (χ4n) is 2.23. The highest BCUT2D eigenvalue weighted by Gasteiger charge is 2.15. The first kappa shape index (κ1) is 16.0. The molecule has 1 aromatic carbocycles. The first-order chi connectivity index (χ1) is 10.7. The van der Waals surface area contributed by atoms with Gasteiger partial charge in [-0.15, -0.1) is 0 Å². The standard InChI is InChI=1S/C14H20N4O4/c19-14(17-11-5-9-22-10-6-11)16-8-7-15-12-3-1-2-4-13(12)18(20)21/h1-4,11,15H,5-10H2,(H2,16,17,19). The van der Waals surface area contributed by atoms with Crippen LogP contribution in [0.15, 0.2) is 24.3 Å². The summed E-state index contributed by atoms with van der Waals surface area (Å²) in [6, 6.07) is 6.34. The lowest BCUT2D eigenvalue weighted by Crippen LogP contribution is -2.45. The van der Waals surface area contributed by atoms with Crippen molar-refractivity contribution in [3.63, 3.8) is 0 Å². The summed E-state index contributed by atoms with van der Waals surface area (Å²) in [6.07, 6.45) is 1.64. The predicted molar refractivity (Wildman–Crippen MR) is 82.0 cm³/mol. The zero-order valence-corrected chi connectivity index (χ0v) is 12.2. The van der Waals surface area contributed by atoms with Crippen molar-refractivity contribution >= 4 is 17.4 Å². The van der Waals surface area contributed by atoms with E-state index in [9.17, 15) is 14.9 Å². The number of benzene rings is 1. The molecule has 3 N–H and O–H groups in total. The molecule has 0 radical (unpaired) electrons. The molecule has 0 atom stereocenters. The lowest BCUT2D eigenvalue weighted by Gasteiger charge is -2.23. The van der Waals surface area contributed by atoms with Gasteiger partial charge in [-0.1, -0.05) is 12.1 Å². The third-order valence-electron chi connectivity index (χ3n) is 3.38. The molecular formula is C14H20N4O4. The molecule has 8 nitrogen and oxygen atoms in total. The van der Waals surface area contributed by atoms with E-state index in [1.165, 1.54) is 6.07 Å². The highest BCUT2D eigenvalue weighted by Crippen LogP contribution is 2.22. The molecule has 1 aliphatic heterocycles. The Morgan fingerprint density at radius 2 is 2.00 bits per heavy atom. The number of carbonyl (C=O) groups is 1. The van der Waals surface area contributed by atoms with Crippen LogP contribution in [-0.4, -0.2) is 43.3 Å². The first-order valence-corrected chi connectivity index (χ1v) is 7.26. The number of hydrogen-bond donors (Lipinski definition) is 3. The van der Waals surface area contributed by atoms with Crippen molar-refractivity contribution in [3.8, 4) is 0 Å². The third kappa shape index (κ3) is 4.88. The quantitative estimate of drug-likeness (QED) is 0.419. The van der Waals surface area contributed by atoms with E-state index in [1.54, 1.807) is 18.2 Å². The Bertz CT molecular complexity index is 517. The Morgan fingerprint density at radius 1 is 1.27 bits per heavy atom. The number of anilines is 1. The Morgan fingerprint density at radius 3 is 2.73 bits per heavy atom. The topological polar surface area (TPSA) is 106 Å². The van der Waals surface area contributed by atoms with Crippen LogP contribution >= 0.6 is 0 Å². The molecule has 1 aromatic rings. The lowest BCUT2D eigenvalue weighted by molar-refractivity contribution is -0.384. The predicted octanol–water partition coefficient (Wildman–Crippen LogP) is 1.48. The second kappa shape index (κ2) is 8.18. The molecule has 22 heavy (non-hydrogen) atoms. The summed E-state index contributed by atoms with van der Waals surface area (Å²) in [7, 11) is 0. The molecule has 2 amide bonds. The summed E-state index contributed by atoms with van der Waals surface area (Å²) in [5.41, 5.74) is 0.466. The van der Waals surface area contributed by atoms with Crippen LogP contribution in [0.5, 0.6) is 0 Å². The van der Waals surface area contributed by atoms with E-state index >= 15 is 0 Å². The molecule has 1 aliphatic rings. The van der Waals surface area contributed by atoms with Gasteiger partial charge in [0.25, 0.3) is 5.69 Å². The van der Waals surface area contributed by atoms with Gasteiger partial charge >= 0.3 is 6.03 Å². The number of nitro groups is 1. The molecule has 0 spiro atoms. The van der Waals surface area contributed by atoms with Gasteiger partial charge in [-0.05, 0) is 18.9 Å². The van der Waals surface area contributed by atoms with Crippen molar-refractivity contribution in [2.24, 2.45) is 0 Å². The number of nitro benzene ring substituents is 1. The van der Waals surface area contributed by atoms with Gasteiger partial charge in [-0.3, -0.25) is 10.1 Å².